The highest BCUT2D eigenvalue weighted by molar-refractivity contribution is 6.35. The van der Waals surface area contributed by atoms with E-state index in [-0.39, 0.29) is 23.7 Å². The summed E-state index contributed by atoms with van der Waals surface area (Å²) in [7, 11) is 0. The first kappa shape index (κ1) is 16.9. The lowest BCUT2D eigenvalue weighted by atomic mass is 9.79. The van der Waals surface area contributed by atoms with Gasteiger partial charge in [0.15, 0.2) is 0 Å². The molecule has 0 aromatic rings. The Balaban J connectivity index is 2.50. The lowest BCUT2D eigenvalue weighted by Crippen LogP contribution is -2.62. The monoisotopic (exact) mass is 285 g/mol. The maximum Gasteiger partial charge on any atom is 0.309 e. The van der Waals surface area contributed by atoms with Gasteiger partial charge in [-0.1, -0.05) is 0 Å². The molecule has 6 nitrogen and oxygen atoms in total. The molecule has 0 unspecified atom stereocenters. The third-order valence-corrected chi connectivity index (χ3v) is 3.35. The smallest absolute Gasteiger partial charge is 0.309 e. The summed E-state index contributed by atoms with van der Waals surface area (Å²) < 4.78 is 0. The van der Waals surface area contributed by atoms with Gasteiger partial charge in [0, 0.05) is 30.3 Å². The molecule has 2 amide bonds. The minimum absolute atomic E-state index is 0.00142. The number of piperidine rings is 1. The lowest BCUT2D eigenvalue weighted by Gasteiger charge is -2.46. The quantitative estimate of drug-likeness (QED) is 0.429. The van der Waals surface area contributed by atoms with Crippen molar-refractivity contribution in [2.75, 3.05) is 13.2 Å². The van der Waals surface area contributed by atoms with Gasteiger partial charge in [-0.2, -0.15) is 0 Å². The summed E-state index contributed by atoms with van der Waals surface area (Å²) in [6, 6.07) is -0.0164. The Labute approximate surface area is 120 Å². The molecule has 1 heterocycles. The SMILES string of the molecule is CC1(C)CC(NC(=O)C(=O)NCCCO)CC(C)(C)N1. The molecule has 4 N–H and O–H groups in total. The molecule has 0 saturated carbocycles. The number of nitrogens with one attached hydrogen (secondary N) is 3. The number of aliphatic hydroxyl groups excluding tert-OH is 1. The molecule has 116 valence electrons. The van der Waals surface area contributed by atoms with Crippen LogP contribution in [0.4, 0.5) is 0 Å². The number of hydrogen-bond donors (Lipinski definition) is 4. The van der Waals surface area contributed by atoms with Gasteiger partial charge in [-0.3, -0.25) is 9.59 Å². The summed E-state index contributed by atoms with van der Waals surface area (Å²) in [6.45, 7) is 8.68. The maximum atomic E-state index is 11.8. The predicted octanol–water partition coefficient (Wildman–Crippen LogP) is -0.0896. The number of carbonyl (C=O) groups excluding carboxylic acids is 2. The van der Waals surface area contributed by atoms with Gasteiger partial charge < -0.3 is 21.1 Å². The van der Waals surface area contributed by atoms with Gasteiger partial charge in [-0.05, 0) is 47.0 Å². The van der Waals surface area contributed by atoms with Crippen LogP contribution in [0, 0.1) is 0 Å². The van der Waals surface area contributed by atoms with E-state index in [0.717, 1.165) is 12.8 Å². The van der Waals surface area contributed by atoms with Crippen molar-refractivity contribution in [3.8, 4) is 0 Å². The first-order chi connectivity index (χ1) is 9.15. The Morgan fingerprint density at radius 3 is 2.20 bits per heavy atom. The van der Waals surface area contributed by atoms with Crippen molar-refractivity contribution in [3.63, 3.8) is 0 Å². The van der Waals surface area contributed by atoms with E-state index in [9.17, 15) is 9.59 Å². The van der Waals surface area contributed by atoms with Gasteiger partial charge in [0.05, 0.1) is 0 Å². The topological polar surface area (TPSA) is 90.5 Å². The number of amides is 2. The standard InChI is InChI=1S/C14H27N3O3/c1-13(2)8-10(9-14(3,4)17-13)16-12(20)11(19)15-6-5-7-18/h10,17-18H,5-9H2,1-4H3,(H,15,19)(H,16,20). The average molecular weight is 285 g/mol. The number of rotatable bonds is 4. The summed E-state index contributed by atoms with van der Waals surface area (Å²) in [5.74, 6) is -1.23. The molecular formula is C14H27N3O3. The Morgan fingerprint density at radius 1 is 1.15 bits per heavy atom. The Kier molecular flexibility index (Phi) is 5.53. The van der Waals surface area contributed by atoms with Crippen LogP contribution in [-0.2, 0) is 9.59 Å². The highest BCUT2D eigenvalue weighted by Gasteiger charge is 2.38. The highest BCUT2D eigenvalue weighted by atomic mass is 16.3. The van der Waals surface area contributed by atoms with Gasteiger partial charge in [0.1, 0.15) is 0 Å². The molecule has 0 spiro atoms. The van der Waals surface area contributed by atoms with Gasteiger partial charge in [0.2, 0.25) is 0 Å². The molecule has 0 radical (unpaired) electrons. The van der Waals surface area contributed by atoms with Crippen LogP contribution in [0.15, 0.2) is 0 Å². The van der Waals surface area contributed by atoms with Crippen molar-refractivity contribution < 1.29 is 14.7 Å². The van der Waals surface area contributed by atoms with Crippen molar-refractivity contribution in [2.24, 2.45) is 0 Å². The van der Waals surface area contributed by atoms with E-state index in [1.807, 2.05) is 0 Å². The Morgan fingerprint density at radius 2 is 1.70 bits per heavy atom. The zero-order valence-electron chi connectivity index (χ0n) is 12.9. The van der Waals surface area contributed by atoms with E-state index < -0.39 is 11.8 Å². The van der Waals surface area contributed by atoms with E-state index in [1.165, 1.54) is 0 Å². The van der Waals surface area contributed by atoms with Gasteiger partial charge in [0.25, 0.3) is 0 Å². The highest BCUT2D eigenvalue weighted by Crippen LogP contribution is 2.28. The van der Waals surface area contributed by atoms with Crippen LogP contribution in [0.1, 0.15) is 47.0 Å². The molecule has 0 aromatic carbocycles. The van der Waals surface area contributed by atoms with Crippen LogP contribution >= 0.6 is 0 Å². The van der Waals surface area contributed by atoms with Gasteiger partial charge in [-0.15, -0.1) is 0 Å². The molecule has 0 aromatic heterocycles. The zero-order valence-corrected chi connectivity index (χ0v) is 12.9. The van der Waals surface area contributed by atoms with Crippen molar-refractivity contribution in [3.05, 3.63) is 0 Å². The molecule has 1 fully saturated rings. The van der Waals surface area contributed by atoms with Crippen molar-refractivity contribution in [1.29, 1.82) is 0 Å². The summed E-state index contributed by atoms with van der Waals surface area (Å²) in [6.07, 6.45) is 2.02. The van der Waals surface area contributed by atoms with Crippen LogP contribution in [0.25, 0.3) is 0 Å². The lowest BCUT2D eigenvalue weighted by molar-refractivity contribution is -0.140. The normalized spacial score (nSPS) is 21.2. The molecule has 1 saturated heterocycles. The number of hydrogen-bond acceptors (Lipinski definition) is 4. The maximum absolute atomic E-state index is 11.8. The second-order valence-electron chi connectivity index (χ2n) is 6.80. The van der Waals surface area contributed by atoms with Gasteiger partial charge >= 0.3 is 11.8 Å². The zero-order chi connectivity index (χ0) is 15.4. The molecule has 6 heteroatoms. The van der Waals surface area contributed by atoms with Crippen molar-refractivity contribution >= 4 is 11.8 Å². The Hall–Kier alpha value is -1.14. The molecule has 1 aliphatic rings. The third kappa shape index (κ3) is 5.46. The minimum Gasteiger partial charge on any atom is -0.396 e. The van der Waals surface area contributed by atoms with E-state index in [4.69, 9.17) is 5.11 Å². The second-order valence-corrected chi connectivity index (χ2v) is 6.80. The van der Waals surface area contributed by atoms with E-state index in [0.29, 0.717) is 13.0 Å². The summed E-state index contributed by atoms with van der Waals surface area (Å²) in [4.78, 5) is 23.4. The van der Waals surface area contributed by atoms with Crippen LogP contribution in [0.2, 0.25) is 0 Å². The van der Waals surface area contributed by atoms with Gasteiger partial charge in [-0.25, -0.2) is 0 Å². The van der Waals surface area contributed by atoms with E-state index in [2.05, 4.69) is 43.6 Å². The minimum atomic E-state index is -0.632. The summed E-state index contributed by atoms with van der Waals surface area (Å²) >= 11 is 0. The van der Waals surface area contributed by atoms with Crippen molar-refractivity contribution in [1.82, 2.24) is 16.0 Å². The summed E-state index contributed by atoms with van der Waals surface area (Å²) in [5, 5.41) is 17.5. The average Bonchev–Trinajstić information content (AvgIpc) is 2.24. The first-order valence-electron chi connectivity index (χ1n) is 7.14. The fourth-order valence-electron chi connectivity index (χ4n) is 3.04. The predicted molar refractivity (Wildman–Crippen MR) is 77.2 cm³/mol. The number of carbonyl (C=O) groups is 2. The fraction of sp³-hybridized carbons (Fsp3) is 0.857. The van der Waals surface area contributed by atoms with E-state index >= 15 is 0 Å². The molecule has 1 aliphatic heterocycles. The molecule has 20 heavy (non-hydrogen) atoms. The van der Waals surface area contributed by atoms with Crippen LogP contribution in [0.5, 0.6) is 0 Å². The molecule has 0 bridgehead atoms. The second kappa shape index (κ2) is 6.54. The first-order valence-corrected chi connectivity index (χ1v) is 7.14. The molecule has 0 atom stereocenters. The van der Waals surface area contributed by atoms with E-state index in [1.54, 1.807) is 0 Å². The Bertz CT molecular complexity index is 351. The number of aliphatic hydroxyl groups is 1. The van der Waals surface area contributed by atoms with Crippen molar-refractivity contribution in [2.45, 2.75) is 64.1 Å². The van der Waals surface area contributed by atoms with Crippen LogP contribution < -0.4 is 16.0 Å². The molecule has 1 rings (SSSR count). The largest absolute Gasteiger partial charge is 0.396 e. The summed E-state index contributed by atoms with van der Waals surface area (Å²) in [5.41, 5.74) is -0.153. The fourth-order valence-corrected chi connectivity index (χ4v) is 3.04. The van der Waals surface area contributed by atoms with Crippen LogP contribution in [-0.4, -0.2) is 47.2 Å². The molecule has 0 aliphatic carbocycles. The third-order valence-electron chi connectivity index (χ3n) is 3.35. The van der Waals surface area contributed by atoms with Crippen LogP contribution in [0.3, 0.4) is 0 Å². The molecular weight excluding hydrogens is 258 g/mol.